The zero-order valence-corrected chi connectivity index (χ0v) is 11.5. The van der Waals surface area contributed by atoms with Crippen LogP contribution in [0.4, 0.5) is 5.69 Å². The molecule has 1 unspecified atom stereocenters. The number of aryl methyl sites for hydroxylation is 2. The van der Waals surface area contributed by atoms with Crippen LogP contribution in [-0.2, 0) is 4.79 Å². The summed E-state index contributed by atoms with van der Waals surface area (Å²) in [5.74, 6) is -1.76. The normalized spacial score (nSPS) is 11.8. The maximum Gasteiger partial charge on any atom is 0.326 e. The first kappa shape index (κ1) is 15.6. The van der Waals surface area contributed by atoms with E-state index < -0.39 is 22.8 Å². The first-order chi connectivity index (χ1) is 9.27. The van der Waals surface area contributed by atoms with Gasteiger partial charge in [-0.1, -0.05) is 6.92 Å². The molecule has 0 fully saturated rings. The second-order valence-corrected chi connectivity index (χ2v) is 4.48. The van der Waals surface area contributed by atoms with Crippen molar-refractivity contribution in [1.29, 1.82) is 0 Å². The molecule has 1 rings (SSSR count). The summed E-state index contributed by atoms with van der Waals surface area (Å²) in [6.07, 6.45) is 0.230. The van der Waals surface area contributed by atoms with E-state index in [-0.39, 0.29) is 17.7 Å². The Morgan fingerprint density at radius 3 is 2.40 bits per heavy atom. The van der Waals surface area contributed by atoms with Gasteiger partial charge >= 0.3 is 5.97 Å². The SMILES string of the molecule is CCC(NC(=O)c1cc([N+](=O)[O-])c(C)cc1C)C(=O)O. The van der Waals surface area contributed by atoms with Crippen molar-refractivity contribution in [3.05, 3.63) is 38.9 Å². The molecular formula is C13H16N2O5. The molecule has 0 aromatic heterocycles. The van der Waals surface area contributed by atoms with Crippen LogP contribution in [0.2, 0.25) is 0 Å². The van der Waals surface area contributed by atoms with Crippen LogP contribution >= 0.6 is 0 Å². The van der Waals surface area contributed by atoms with Gasteiger partial charge in [-0.2, -0.15) is 0 Å². The fourth-order valence-electron chi connectivity index (χ4n) is 1.86. The molecule has 0 spiro atoms. The van der Waals surface area contributed by atoms with Gasteiger partial charge in [0, 0.05) is 17.2 Å². The van der Waals surface area contributed by atoms with Crippen molar-refractivity contribution in [2.45, 2.75) is 33.2 Å². The summed E-state index contributed by atoms with van der Waals surface area (Å²) in [5.41, 5.74) is 0.964. The average Bonchev–Trinajstić information content (AvgIpc) is 2.34. The van der Waals surface area contributed by atoms with Crippen LogP contribution < -0.4 is 5.32 Å². The third-order valence-corrected chi connectivity index (χ3v) is 3.00. The maximum absolute atomic E-state index is 12.0. The van der Waals surface area contributed by atoms with Crippen molar-refractivity contribution >= 4 is 17.6 Å². The van der Waals surface area contributed by atoms with Gasteiger partial charge in [-0.25, -0.2) is 4.79 Å². The summed E-state index contributed by atoms with van der Waals surface area (Å²) < 4.78 is 0. The van der Waals surface area contributed by atoms with Crippen molar-refractivity contribution in [3.8, 4) is 0 Å². The number of amides is 1. The van der Waals surface area contributed by atoms with Crippen LogP contribution in [0.1, 0.15) is 34.8 Å². The highest BCUT2D eigenvalue weighted by Gasteiger charge is 2.22. The first-order valence-corrected chi connectivity index (χ1v) is 6.07. The second-order valence-electron chi connectivity index (χ2n) is 4.48. The Morgan fingerprint density at radius 1 is 1.35 bits per heavy atom. The van der Waals surface area contributed by atoms with Crippen LogP contribution in [0.15, 0.2) is 12.1 Å². The predicted octanol–water partition coefficient (Wildman–Crippen LogP) is 1.80. The summed E-state index contributed by atoms with van der Waals surface area (Å²) in [5, 5.41) is 22.1. The molecular weight excluding hydrogens is 264 g/mol. The molecule has 0 saturated carbocycles. The Morgan fingerprint density at radius 2 is 1.95 bits per heavy atom. The lowest BCUT2D eigenvalue weighted by molar-refractivity contribution is -0.385. The third-order valence-electron chi connectivity index (χ3n) is 3.00. The number of nitro benzene ring substituents is 1. The smallest absolute Gasteiger partial charge is 0.326 e. The molecule has 0 aliphatic rings. The third kappa shape index (κ3) is 3.31. The van der Waals surface area contributed by atoms with Crippen LogP contribution in [0.3, 0.4) is 0 Å². The highest BCUT2D eigenvalue weighted by Crippen LogP contribution is 2.22. The monoisotopic (exact) mass is 280 g/mol. The van der Waals surface area contributed by atoms with E-state index in [2.05, 4.69) is 5.32 Å². The minimum Gasteiger partial charge on any atom is -0.480 e. The maximum atomic E-state index is 12.0. The van der Waals surface area contributed by atoms with E-state index in [1.54, 1.807) is 20.8 Å². The fourth-order valence-corrected chi connectivity index (χ4v) is 1.86. The quantitative estimate of drug-likeness (QED) is 0.631. The lowest BCUT2D eigenvalue weighted by atomic mass is 10.0. The molecule has 7 nitrogen and oxygen atoms in total. The number of nitrogens with one attached hydrogen (secondary N) is 1. The van der Waals surface area contributed by atoms with E-state index in [0.717, 1.165) is 0 Å². The number of carbonyl (C=O) groups is 2. The van der Waals surface area contributed by atoms with Crippen molar-refractivity contribution in [2.75, 3.05) is 0 Å². The minimum atomic E-state index is -1.14. The van der Waals surface area contributed by atoms with E-state index in [4.69, 9.17) is 5.11 Å². The number of nitrogens with zero attached hydrogens (tertiary/aromatic N) is 1. The number of carboxylic acid groups (broad SMARTS) is 1. The number of nitro groups is 1. The summed E-state index contributed by atoms with van der Waals surface area (Å²) in [6.45, 7) is 4.86. The number of aliphatic carboxylic acids is 1. The highest BCUT2D eigenvalue weighted by atomic mass is 16.6. The molecule has 1 amide bonds. The topological polar surface area (TPSA) is 110 Å². The molecule has 0 radical (unpaired) electrons. The van der Waals surface area contributed by atoms with Gasteiger partial charge in [0.05, 0.1) is 4.92 Å². The number of rotatable bonds is 5. The summed E-state index contributed by atoms with van der Waals surface area (Å²) in [7, 11) is 0. The second kappa shape index (κ2) is 6.14. The number of benzene rings is 1. The summed E-state index contributed by atoms with van der Waals surface area (Å²) in [4.78, 5) is 33.2. The number of carboxylic acids is 1. The van der Waals surface area contributed by atoms with Gasteiger partial charge in [-0.15, -0.1) is 0 Å². The van der Waals surface area contributed by atoms with Gasteiger partial charge in [-0.05, 0) is 31.9 Å². The van der Waals surface area contributed by atoms with E-state index >= 15 is 0 Å². The Balaban J connectivity index is 3.13. The van der Waals surface area contributed by atoms with E-state index in [1.807, 2.05) is 0 Å². The number of carbonyl (C=O) groups excluding carboxylic acids is 1. The molecule has 108 valence electrons. The van der Waals surface area contributed by atoms with Crippen LogP contribution in [0, 0.1) is 24.0 Å². The fraction of sp³-hybridized carbons (Fsp3) is 0.385. The molecule has 0 heterocycles. The van der Waals surface area contributed by atoms with E-state index in [0.29, 0.717) is 11.1 Å². The zero-order valence-electron chi connectivity index (χ0n) is 11.5. The van der Waals surface area contributed by atoms with E-state index in [1.165, 1.54) is 12.1 Å². The predicted molar refractivity (Wildman–Crippen MR) is 71.8 cm³/mol. The van der Waals surface area contributed by atoms with Crippen molar-refractivity contribution < 1.29 is 19.6 Å². The Hall–Kier alpha value is -2.44. The average molecular weight is 280 g/mol. The van der Waals surface area contributed by atoms with Crippen LogP contribution in [-0.4, -0.2) is 27.9 Å². The summed E-state index contributed by atoms with van der Waals surface area (Å²) in [6, 6.07) is 1.70. The van der Waals surface area contributed by atoms with Crippen LogP contribution in [0.5, 0.6) is 0 Å². The minimum absolute atomic E-state index is 0.113. The largest absolute Gasteiger partial charge is 0.480 e. The molecule has 0 saturated heterocycles. The molecule has 1 atom stereocenters. The van der Waals surface area contributed by atoms with Crippen molar-refractivity contribution in [3.63, 3.8) is 0 Å². The van der Waals surface area contributed by atoms with Gasteiger partial charge in [0.25, 0.3) is 11.6 Å². The van der Waals surface area contributed by atoms with Gasteiger partial charge < -0.3 is 10.4 Å². The Labute approximate surface area is 115 Å². The Kier molecular flexibility index (Phi) is 4.79. The van der Waals surface area contributed by atoms with Gasteiger partial charge in [0.2, 0.25) is 0 Å². The molecule has 7 heteroatoms. The molecule has 1 aromatic rings. The standard InChI is InChI=1S/C13H16N2O5/c1-4-10(13(17)18)14-12(16)9-6-11(15(19)20)8(3)5-7(9)2/h5-6,10H,4H2,1-3H3,(H,14,16)(H,17,18). The number of hydrogen-bond acceptors (Lipinski definition) is 4. The lowest BCUT2D eigenvalue weighted by Gasteiger charge is -2.13. The molecule has 2 N–H and O–H groups in total. The zero-order chi connectivity index (χ0) is 15.4. The van der Waals surface area contributed by atoms with Gasteiger partial charge in [0.1, 0.15) is 6.04 Å². The van der Waals surface area contributed by atoms with Gasteiger partial charge in [-0.3, -0.25) is 14.9 Å². The number of hydrogen-bond donors (Lipinski definition) is 2. The Bertz CT molecular complexity index is 568. The first-order valence-electron chi connectivity index (χ1n) is 6.07. The molecule has 20 heavy (non-hydrogen) atoms. The van der Waals surface area contributed by atoms with Crippen LogP contribution in [0.25, 0.3) is 0 Å². The van der Waals surface area contributed by atoms with Gasteiger partial charge in [0.15, 0.2) is 0 Å². The van der Waals surface area contributed by atoms with Crippen molar-refractivity contribution in [2.24, 2.45) is 0 Å². The molecule has 0 bridgehead atoms. The highest BCUT2D eigenvalue weighted by molar-refractivity contribution is 5.98. The molecule has 0 aliphatic heterocycles. The van der Waals surface area contributed by atoms with Crippen molar-refractivity contribution in [1.82, 2.24) is 5.32 Å². The summed E-state index contributed by atoms with van der Waals surface area (Å²) >= 11 is 0. The molecule has 1 aromatic carbocycles. The van der Waals surface area contributed by atoms with E-state index in [9.17, 15) is 19.7 Å². The lowest BCUT2D eigenvalue weighted by Crippen LogP contribution is -2.40. The molecule has 0 aliphatic carbocycles.